The molecule has 1 saturated heterocycles. The van der Waals surface area contributed by atoms with Gasteiger partial charge in [0, 0.05) is 19.3 Å². The summed E-state index contributed by atoms with van der Waals surface area (Å²) >= 11 is 0. The van der Waals surface area contributed by atoms with Gasteiger partial charge < -0.3 is 9.72 Å². The van der Waals surface area contributed by atoms with E-state index in [1.807, 2.05) is 33.8 Å². The molecule has 8 heteroatoms. The van der Waals surface area contributed by atoms with Crippen molar-refractivity contribution in [3.63, 3.8) is 0 Å². The second-order valence-corrected chi connectivity index (χ2v) is 9.76. The molecule has 1 aliphatic rings. The van der Waals surface area contributed by atoms with E-state index in [2.05, 4.69) is 4.98 Å². The van der Waals surface area contributed by atoms with Crippen LogP contribution in [-0.4, -0.2) is 49.2 Å². The molecule has 0 spiro atoms. The molecule has 30 heavy (non-hydrogen) atoms. The number of H-pyrrole nitrogens is 1. The van der Waals surface area contributed by atoms with Crippen LogP contribution in [0.15, 0.2) is 29.3 Å². The SMILES string of the molecule is Cc1cc(C)c(C)c(S(=O)(=O)N2CCC(C(=O)OCC(=O)c3ccc[nH]3)CC2)c1C. The number of carbonyl (C=O) groups excluding carboxylic acids is 2. The molecule has 1 aromatic heterocycles. The van der Waals surface area contributed by atoms with Gasteiger partial charge in [-0.3, -0.25) is 9.59 Å². The van der Waals surface area contributed by atoms with Crippen LogP contribution in [0.1, 0.15) is 45.6 Å². The predicted molar refractivity (Wildman–Crippen MR) is 113 cm³/mol. The molecule has 0 atom stereocenters. The lowest BCUT2D eigenvalue weighted by molar-refractivity contribution is -0.148. The van der Waals surface area contributed by atoms with Crippen molar-refractivity contribution in [2.45, 2.75) is 45.4 Å². The van der Waals surface area contributed by atoms with Gasteiger partial charge in [0.2, 0.25) is 15.8 Å². The molecule has 0 bridgehead atoms. The number of nitrogens with zero attached hydrogens (tertiary/aromatic N) is 1. The van der Waals surface area contributed by atoms with Crippen molar-refractivity contribution in [1.29, 1.82) is 0 Å². The third-order valence-electron chi connectivity index (χ3n) is 5.93. The van der Waals surface area contributed by atoms with E-state index in [1.165, 1.54) is 4.31 Å². The van der Waals surface area contributed by atoms with Crippen molar-refractivity contribution in [2.24, 2.45) is 5.92 Å². The minimum absolute atomic E-state index is 0.249. The molecular formula is C22H28N2O5S. The number of carbonyl (C=O) groups is 2. The minimum atomic E-state index is -3.65. The van der Waals surface area contributed by atoms with Gasteiger partial charge in [0.05, 0.1) is 16.5 Å². The zero-order chi connectivity index (χ0) is 22.1. The fraction of sp³-hybridized carbons (Fsp3) is 0.455. The Morgan fingerprint density at radius 1 is 1.10 bits per heavy atom. The van der Waals surface area contributed by atoms with Crippen LogP contribution >= 0.6 is 0 Å². The molecule has 0 radical (unpaired) electrons. The summed E-state index contributed by atoms with van der Waals surface area (Å²) in [6.07, 6.45) is 2.37. The van der Waals surface area contributed by atoms with Crippen molar-refractivity contribution in [3.05, 3.63) is 52.3 Å². The molecule has 7 nitrogen and oxygen atoms in total. The second kappa shape index (κ2) is 8.73. The first-order valence-electron chi connectivity index (χ1n) is 10.0. The van der Waals surface area contributed by atoms with Crippen molar-refractivity contribution in [2.75, 3.05) is 19.7 Å². The van der Waals surface area contributed by atoms with Gasteiger partial charge in [0.1, 0.15) is 0 Å². The number of aromatic nitrogens is 1. The Morgan fingerprint density at radius 2 is 1.70 bits per heavy atom. The zero-order valence-corrected chi connectivity index (χ0v) is 18.6. The fourth-order valence-corrected chi connectivity index (χ4v) is 5.91. The Bertz CT molecular complexity index is 1020. The highest BCUT2D eigenvalue weighted by molar-refractivity contribution is 7.89. The van der Waals surface area contributed by atoms with Crippen LogP contribution < -0.4 is 0 Å². The highest BCUT2D eigenvalue weighted by atomic mass is 32.2. The lowest BCUT2D eigenvalue weighted by Crippen LogP contribution is -2.41. The number of sulfonamides is 1. The number of Topliss-reactive ketones (excluding diaryl/α,β-unsaturated/α-hetero) is 1. The highest BCUT2D eigenvalue weighted by Crippen LogP contribution is 2.31. The lowest BCUT2D eigenvalue weighted by Gasteiger charge is -2.31. The Labute approximate surface area is 177 Å². The summed E-state index contributed by atoms with van der Waals surface area (Å²) in [5, 5.41) is 0. The average molecular weight is 433 g/mol. The van der Waals surface area contributed by atoms with E-state index >= 15 is 0 Å². The molecule has 0 aliphatic carbocycles. The van der Waals surface area contributed by atoms with Crippen molar-refractivity contribution in [3.8, 4) is 0 Å². The first-order chi connectivity index (χ1) is 14.1. The summed E-state index contributed by atoms with van der Waals surface area (Å²) in [7, 11) is -3.65. The molecule has 0 amide bonds. The molecule has 3 rings (SSSR count). The summed E-state index contributed by atoms with van der Waals surface area (Å²) in [6, 6.07) is 5.32. The Kier molecular flexibility index (Phi) is 6.47. The number of piperidine rings is 1. The maximum atomic E-state index is 13.3. The van der Waals surface area contributed by atoms with Crippen LogP contribution in [0, 0.1) is 33.6 Å². The Balaban J connectivity index is 1.64. The molecule has 2 heterocycles. The third kappa shape index (κ3) is 4.34. The zero-order valence-electron chi connectivity index (χ0n) is 17.8. The van der Waals surface area contributed by atoms with Gasteiger partial charge >= 0.3 is 5.97 Å². The van der Waals surface area contributed by atoms with Gasteiger partial charge in [-0.15, -0.1) is 0 Å². The number of rotatable bonds is 6. The fourth-order valence-electron chi connectivity index (χ4n) is 3.86. The van der Waals surface area contributed by atoms with Gasteiger partial charge in [0.25, 0.3) is 0 Å². The van der Waals surface area contributed by atoms with Gasteiger partial charge in [0.15, 0.2) is 6.61 Å². The maximum absolute atomic E-state index is 13.3. The summed E-state index contributed by atoms with van der Waals surface area (Å²) in [6.45, 7) is 7.67. The number of benzene rings is 1. The maximum Gasteiger partial charge on any atom is 0.309 e. The molecule has 0 saturated carbocycles. The molecule has 162 valence electrons. The second-order valence-electron chi connectivity index (χ2n) is 7.88. The largest absolute Gasteiger partial charge is 0.457 e. The van der Waals surface area contributed by atoms with Crippen LogP contribution in [0.4, 0.5) is 0 Å². The summed E-state index contributed by atoms with van der Waals surface area (Å²) in [5.74, 6) is -1.16. The number of nitrogens with one attached hydrogen (secondary N) is 1. The van der Waals surface area contributed by atoms with Gasteiger partial charge in [-0.25, -0.2) is 8.42 Å². The standard InChI is InChI=1S/C22H28N2O5S/c1-14-12-15(2)17(4)21(16(14)3)30(27,28)24-10-7-18(8-11-24)22(26)29-13-20(25)19-6-5-9-23-19/h5-6,9,12,18,23H,7-8,10-11,13H2,1-4H3. The predicted octanol–water partition coefficient (Wildman–Crippen LogP) is 3.08. The molecular weight excluding hydrogens is 404 g/mol. The minimum Gasteiger partial charge on any atom is -0.457 e. The summed E-state index contributed by atoms with van der Waals surface area (Å²) in [5.41, 5.74) is 3.82. The summed E-state index contributed by atoms with van der Waals surface area (Å²) in [4.78, 5) is 27.5. The number of hydrogen-bond donors (Lipinski definition) is 1. The monoisotopic (exact) mass is 432 g/mol. The van der Waals surface area contributed by atoms with Gasteiger partial charge in [-0.1, -0.05) is 6.07 Å². The molecule has 2 aromatic rings. The molecule has 1 fully saturated rings. The Hall–Kier alpha value is -2.45. The number of ketones is 1. The van der Waals surface area contributed by atoms with Crippen LogP contribution in [-0.2, 0) is 19.6 Å². The number of ether oxygens (including phenoxy) is 1. The molecule has 0 unspecified atom stereocenters. The Morgan fingerprint density at radius 3 is 2.23 bits per heavy atom. The normalized spacial score (nSPS) is 15.9. The van der Waals surface area contributed by atoms with E-state index in [0.717, 1.165) is 22.3 Å². The smallest absolute Gasteiger partial charge is 0.309 e. The van der Waals surface area contributed by atoms with Crippen LogP contribution in [0.5, 0.6) is 0 Å². The number of aromatic amines is 1. The van der Waals surface area contributed by atoms with Crippen LogP contribution in [0.25, 0.3) is 0 Å². The first-order valence-corrected chi connectivity index (χ1v) is 11.5. The third-order valence-corrected chi connectivity index (χ3v) is 8.10. The lowest BCUT2D eigenvalue weighted by atomic mass is 9.98. The van der Waals surface area contributed by atoms with Crippen molar-refractivity contribution >= 4 is 21.8 Å². The summed E-state index contributed by atoms with van der Waals surface area (Å²) < 4.78 is 33.3. The molecule has 1 aliphatic heterocycles. The quantitative estimate of drug-likeness (QED) is 0.559. The number of aryl methyl sites for hydroxylation is 2. The van der Waals surface area contributed by atoms with Gasteiger partial charge in [-0.2, -0.15) is 4.31 Å². The van der Waals surface area contributed by atoms with E-state index in [1.54, 1.807) is 18.3 Å². The highest BCUT2D eigenvalue weighted by Gasteiger charge is 2.35. The first kappa shape index (κ1) is 22.2. The number of hydrogen-bond acceptors (Lipinski definition) is 5. The van der Waals surface area contributed by atoms with Crippen LogP contribution in [0.3, 0.4) is 0 Å². The van der Waals surface area contributed by atoms with Crippen LogP contribution in [0.2, 0.25) is 0 Å². The van der Waals surface area contributed by atoms with Crippen molar-refractivity contribution < 1.29 is 22.7 Å². The van der Waals surface area contributed by atoms with Gasteiger partial charge in [-0.05, 0) is 74.9 Å². The topological polar surface area (TPSA) is 96.5 Å². The van der Waals surface area contributed by atoms with E-state index < -0.39 is 21.9 Å². The van der Waals surface area contributed by atoms with Crippen molar-refractivity contribution in [1.82, 2.24) is 9.29 Å². The average Bonchev–Trinajstić information content (AvgIpc) is 3.25. The van der Waals surface area contributed by atoms with E-state index in [-0.39, 0.29) is 25.5 Å². The van der Waals surface area contributed by atoms with E-state index in [4.69, 9.17) is 4.74 Å². The molecule has 1 aromatic carbocycles. The number of esters is 1. The molecule has 1 N–H and O–H groups in total. The van der Waals surface area contributed by atoms with E-state index in [9.17, 15) is 18.0 Å². The van der Waals surface area contributed by atoms with E-state index in [0.29, 0.717) is 23.4 Å².